The Morgan fingerprint density at radius 3 is 2.93 bits per heavy atom. The molecule has 0 saturated carbocycles. The van der Waals surface area contributed by atoms with E-state index in [0.29, 0.717) is 18.3 Å². The van der Waals surface area contributed by atoms with Crippen LogP contribution >= 0.6 is 0 Å². The predicted molar refractivity (Wildman–Crippen MR) is 106 cm³/mol. The van der Waals surface area contributed by atoms with Gasteiger partial charge < -0.3 is 20.3 Å². The molecule has 0 bridgehead atoms. The molecule has 1 aliphatic heterocycles. The van der Waals surface area contributed by atoms with Gasteiger partial charge in [0.1, 0.15) is 12.4 Å². The molecule has 7 heteroatoms. The van der Waals surface area contributed by atoms with E-state index >= 15 is 0 Å². The number of benzene rings is 1. The summed E-state index contributed by atoms with van der Waals surface area (Å²) in [5, 5.41) is 6.58. The number of likely N-dealkylation sites (tertiary alicyclic amines) is 1. The number of nitrogens with one attached hydrogen (secondary N) is 2. The molecule has 0 aliphatic carbocycles. The number of alkyl halides is 2. The van der Waals surface area contributed by atoms with E-state index in [1.807, 2.05) is 6.07 Å². The van der Waals surface area contributed by atoms with Crippen molar-refractivity contribution in [1.29, 1.82) is 0 Å². The van der Waals surface area contributed by atoms with Crippen LogP contribution in [0.3, 0.4) is 0 Å². The quantitative estimate of drug-likeness (QED) is 0.391. The van der Waals surface area contributed by atoms with Crippen LogP contribution in [0.15, 0.2) is 29.3 Å². The van der Waals surface area contributed by atoms with E-state index in [1.54, 1.807) is 25.2 Å². The van der Waals surface area contributed by atoms with Crippen LogP contribution in [0.25, 0.3) is 0 Å². The summed E-state index contributed by atoms with van der Waals surface area (Å²) in [5.74, 6) is 1.19. The molecule has 0 radical (unpaired) electrons. The molecule has 27 heavy (non-hydrogen) atoms. The lowest BCUT2D eigenvalue weighted by Gasteiger charge is -2.33. The van der Waals surface area contributed by atoms with Crippen LogP contribution in [0.4, 0.5) is 8.78 Å². The summed E-state index contributed by atoms with van der Waals surface area (Å²) < 4.78 is 29.5. The maximum Gasteiger partial charge on any atom is 0.272 e. The topological polar surface area (TPSA) is 48.9 Å². The van der Waals surface area contributed by atoms with Crippen molar-refractivity contribution >= 4 is 5.96 Å². The van der Waals surface area contributed by atoms with Gasteiger partial charge in [-0.25, -0.2) is 8.78 Å². The lowest BCUT2D eigenvalue weighted by molar-refractivity contribution is 0.0818. The van der Waals surface area contributed by atoms with Gasteiger partial charge >= 0.3 is 0 Å². The molecule has 1 aromatic rings. The Morgan fingerprint density at radius 1 is 1.33 bits per heavy atom. The van der Waals surface area contributed by atoms with Gasteiger partial charge in [-0.3, -0.25) is 4.99 Å². The molecule has 1 atom stereocenters. The third-order valence-corrected chi connectivity index (χ3v) is 4.81. The first-order valence-corrected chi connectivity index (χ1v) is 9.77. The number of hydrogen-bond acceptors (Lipinski definition) is 3. The Morgan fingerprint density at radius 2 is 2.19 bits per heavy atom. The van der Waals surface area contributed by atoms with Crippen LogP contribution in [-0.4, -0.2) is 56.6 Å². The molecule has 5 nitrogen and oxygen atoms in total. The average molecular weight is 382 g/mol. The highest BCUT2D eigenvalue weighted by Gasteiger charge is 2.17. The second-order valence-electron chi connectivity index (χ2n) is 6.94. The van der Waals surface area contributed by atoms with Crippen molar-refractivity contribution in [2.24, 2.45) is 4.99 Å². The summed E-state index contributed by atoms with van der Waals surface area (Å²) in [7, 11) is 1.74. The van der Waals surface area contributed by atoms with Crippen molar-refractivity contribution in [3.05, 3.63) is 29.8 Å². The summed E-state index contributed by atoms with van der Waals surface area (Å²) in [5.41, 5.74) is 0.951. The molecule has 0 amide bonds. The molecule has 2 N–H and O–H groups in total. The maximum absolute atomic E-state index is 12.2. The van der Waals surface area contributed by atoms with E-state index in [0.717, 1.165) is 31.0 Å². The van der Waals surface area contributed by atoms with Gasteiger partial charge in [-0.05, 0) is 50.4 Å². The molecular weight excluding hydrogens is 350 g/mol. The highest BCUT2D eigenvalue weighted by molar-refractivity contribution is 5.79. The Hall–Kier alpha value is -1.89. The third-order valence-electron chi connectivity index (χ3n) is 4.81. The first-order valence-electron chi connectivity index (χ1n) is 9.77. The number of rotatable bonds is 9. The molecule has 1 fully saturated rings. The summed E-state index contributed by atoms with van der Waals surface area (Å²) in [4.78, 5) is 6.80. The molecule has 152 valence electrons. The van der Waals surface area contributed by atoms with Crippen LogP contribution in [0.2, 0.25) is 0 Å². The second-order valence-corrected chi connectivity index (χ2v) is 6.94. The molecule has 1 heterocycles. The molecule has 2 rings (SSSR count). The van der Waals surface area contributed by atoms with E-state index in [9.17, 15) is 8.78 Å². The number of guanidine groups is 1. The highest BCUT2D eigenvalue weighted by atomic mass is 19.3. The molecule has 0 spiro atoms. The summed E-state index contributed by atoms with van der Waals surface area (Å²) in [6.45, 7) is 5.45. The van der Waals surface area contributed by atoms with Gasteiger partial charge in [0.15, 0.2) is 5.96 Å². The van der Waals surface area contributed by atoms with Crippen molar-refractivity contribution in [2.75, 3.05) is 33.3 Å². The van der Waals surface area contributed by atoms with E-state index in [1.165, 1.54) is 25.8 Å². The first-order chi connectivity index (χ1) is 13.1. The Bertz CT molecular complexity index is 583. The Labute approximate surface area is 161 Å². The van der Waals surface area contributed by atoms with E-state index < -0.39 is 13.0 Å². The Balaban J connectivity index is 1.68. The largest absolute Gasteiger partial charge is 0.488 e. The minimum Gasteiger partial charge on any atom is -0.488 e. The molecule has 0 aromatic heterocycles. The van der Waals surface area contributed by atoms with Crippen LogP contribution < -0.4 is 15.4 Å². The zero-order valence-electron chi connectivity index (χ0n) is 16.4. The van der Waals surface area contributed by atoms with Crippen LogP contribution in [0.5, 0.6) is 5.75 Å². The number of hydrogen-bond donors (Lipinski definition) is 2. The number of halogens is 2. The minimum absolute atomic E-state index is 0.452. The fourth-order valence-corrected chi connectivity index (χ4v) is 3.29. The zero-order valence-corrected chi connectivity index (χ0v) is 16.4. The van der Waals surface area contributed by atoms with Crippen molar-refractivity contribution in [3.63, 3.8) is 0 Å². The lowest BCUT2D eigenvalue weighted by Crippen LogP contribution is -2.41. The maximum atomic E-state index is 12.2. The summed E-state index contributed by atoms with van der Waals surface area (Å²) >= 11 is 0. The van der Waals surface area contributed by atoms with Gasteiger partial charge in [0.2, 0.25) is 0 Å². The molecule has 1 aromatic carbocycles. The first kappa shape index (κ1) is 21.4. The molecule has 1 unspecified atom stereocenters. The SMILES string of the molecule is CN=C(NCCCN1CCCCC1C)NCc1cccc(OCC(F)F)c1. The smallest absolute Gasteiger partial charge is 0.272 e. The zero-order chi connectivity index (χ0) is 19.5. The fraction of sp³-hybridized carbons (Fsp3) is 0.650. The third kappa shape index (κ3) is 8.12. The standard InChI is InChI=1S/C20H32F2N4O/c1-16-7-3-4-11-26(16)12-6-10-24-20(23-2)25-14-17-8-5-9-18(13-17)27-15-19(21)22/h5,8-9,13,16,19H,3-4,6-7,10-12,14-15H2,1-2H3,(H2,23,24,25). The highest BCUT2D eigenvalue weighted by Crippen LogP contribution is 2.16. The van der Waals surface area contributed by atoms with Crippen molar-refractivity contribution in [1.82, 2.24) is 15.5 Å². The van der Waals surface area contributed by atoms with Crippen LogP contribution in [-0.2, 0) is 6.54 Å². The van der Waals surface area contributed by atoms with Crippen LogP contribution in [0.1, 0.15) is 38.2 Å². The minimum atomic E-state index is -2.47. The van der Waals surface area contributed by atoms with Crippen molar-refractivity contribution < 1.29 is 13.5 Å². The number of aliphatic imine (C=N–C) groups is 1. The van der Waals surface area contributed by atoms with E-state index in [-0.39, 0.29) is 0 Å². The van der Waals surface area contributed by atoms with Gasteiger partial charge in [0, 0.05) is 32.7 Å². The van der Waals surface area contributed by atoms with E-state index in [2.05, 4.69) is 27.4 Å². The van der Waals surface area contributed by atoms with Gasteiger partial charge in [-0.2, -0.15) is 0 Å². The monoisotopic (exact) mass is 382 g/mol. The second kappa shape index (κ2) is 11.7. The molecular formula is C20H32F2N4O. The predicted octanol–water partition coefficient (Wildman–Crippen LogP) is 3.26. The number of nitrogens with zero attached hydrogens (tertiary/aromatic N) is 2. The summed E-state index contributed by atoms with van der Waals surface area (Å²) in [6.07, 6.45) is 2.56. The van der Waals surface area contributed by atoms with Gasteiger partial charge in [-0.15, -0.1) is 0 Å². The Kier molecular flexibility index (Phi) is 9.31. The van der Waals surface area contributed by atoms with Crippen molar-refractivity contribution in [3.8, 4) is 5.75 Å². The van der Waals surface area contributed by atoms with Gasteiger partial charge in [0.25, 0.3) is 6.43 Å². The summed E-state index contributed by atoms with van der Waals surface area (Å²) in [6, 6.07) is 7.86. The fourth-order valence-electron chi connectivity index (χ4n) is 3.29. The molecule has 1 aliphatic rings. The number of ether oxygens (including phenoxy) is 1. The van der Waals surface area contributed by atoms with Crippen molar-refractivity contribution in [2.45, 2.75) is 51.6 Å². The van der Waals surface area contributed by atoms with Gasteiger partial charge in [0.05, 0.1) is 0 Å². The van der Waals surface area contributed by atoms with E-state index in [4.69, 9.17) is 4.74 Å². The average Bonchev–Trinajstić information content (AvgIpc) is 2.67. The normalized spacial score (nSPS) is 18.6. The van der Waals surface area contributed by atoms with Crippen LogP contribution in [0, 0.1) is 0 Å². The lowest BCUT2D eigenvalue weighted by atomic mass is 10.0. The molecule has 1 saturated heterocycles. The number of piperidine rings is 1. The van der Waals surface area contributed by atoms with Gasteiger partial charge in [-0.1, -0.05) is 18.6 Å².